The highest BCUT2D eigenvalue weighted by Gasteiger charge is 2.02. The minimum atomic E-state index is 0. The fraction of sp³-hybridized carbons (Fsp3) is 0.889. The predicted octanol–water partition coefficient (Wildman–Crippen LogP) is 4.56. The highest BCUT2D eigenvalue weighted by Crippen LogP contribution is 2.14. The van der Waals surface area contributed by atoms with Crippen molar-refractivity contribution in [2.24, 2.45) is 5.73 Å². The van der Waals surface area contributed by atoms with E-state index in [1.54, 1.807) is 0 Å². The SMILES string of the molecule is CCCCCCCCCCCCCCCCCCCCCC[n+]1ccn(CCN)c1.[Br-]. The molecular formula is C27H54BrN3. The highest BCUT2D eigenvalue weighted by atomic mass is 79.9. The summed E-state index contributed by atoms with van der Waals surface area (Å²) in [7, 11) is 0. The van der Waals surface area contributed by atoms with Gasteiger partial charge in [-0.3, -0.25) is 0 Å². The lowest BCUT2D eigenvalue weighted by molar-refractivity contribution is -0.696. The summed E-state index contributed by atoms with van der Waals surface area (Å²) in [6, 6.07) is 0. The Bertz CT molecular complexity index is 461. The van der Waals surface area contributed by atoms with Crippen LogP contribution in [0.4, 0.5) is 0 Å². The van der Waals surface area contributed by atoms with Crippen molar-refractivity contribution < 1.29 is 21.5 Å². The molecule has 0 amide bonds. The molecule has 0 aliphatic heterocycles. The maximum atomic E-state index is 5.59. The van der Waals surface area contributed by atoms with Crippen LogP contribution >= 0.6 is 0 Å². The average molecular weight is 501 g/mol. The van der Waals surface area contributed by atoms with Crippen molar-refractivity contribution in [2.75, 3.05) is 6.54 Å². The standard InChI is InChI=1S/C27H54N3.BrH/c1-2-3-4-5-6-7-8-9-10-11-12-13-14-15-16-17-18-19-20-21-23-29-25-26-30(27-29)24-22-28;/h25-27H,2-24,28H2,1H3;1H/q+1;/p-1. The monoisotopic (exact) mass is 499 g/mol. The first-order valence-electron chi connectivity index (χ1n) is 13.6. The van der Waals surface area contributed by atoms with Gasteiger partial charge in [0.05, 0.1) is 6.54 Å². The Kier molecular flexibility index (Phi) is 24.0. The van der Waals surface area contributed by atoms with Crippen molar-refractivity contribution in [1.29, 1.82) is 0 Å². The quantitative estimate of drug-likeness (QED) is 0.174. The normalized spacial score (nSPS) is 11.0. The molecule has 4 heteroatoms. The van der Waals surface area contributed by atoms with Gasteiger partial charge in [0.1, 0.15) is 18.9 Å². The lowest BCUT2D eigenvalue weighted by Crippen LogP contribution is -3.00. The molecule has 1 rings (SSSR count). The number of halogens is 1. The Morgan fingerprint density at radius 2 is 1.00 bits per heavy atom. The topological polar surface area (TPSA) is 34.8 Å². The van der Waals surface area contributed by atoms with E-state index >= 15 is 0 Å². The van der Waals surface area contributed by atoms with Gasteiger partial charge in [0.25, 0.3) is 0 Å². The van der Waals surface area contributed by atoms with Crippen molar-refractivity contribution in [3.8, 4) is 0 Å². The van der Waals surface area contributed by atoms with E-state index in [0.29, 0.717) is 6.54 Å². The molecule has 0 saturated carbocycles. The molecule has 0 bridgehead atoms. The molecule has 1 aromatic heterocycles. The summed E-state index contributed by atoms with van der Waals surface area (Å²) in [5.41, 5.74) is 5.59. The van der Waals surface area contributed by atoms with Crippen molar-refractivity contribution in [2.45, 2.75) is 148 Å². The summed E-state index contributed by atoms with van der Waals surface area (Å²) >= 11 is 0. The predicted molar refractivity (Wildman–Crippen MR) is 132 cm³/mol. The van der Waals surface area contributed by atoms with Crippen LogP contribution in [-0.4, -0.2) is 11.1 Å². The van der Waals surface area contributed by atoms with Gasteiger partial charge in [0, 0.05) is 6.54 Å². The van der Waals surface area contributed by atoms with Crippen LogP contribution in [0.3, 0.4) is 0 Å². The van der Waals surface area contributed by atoms with Crippen molar-refractivity contribution in [3.05, 3.63) is 18.7 Å². The number of aromatic nitrogens is 2. The number of imidazole rings is 1. The zero-order valence-corrected chi connectivity index (χ0v) is 22.4. The molecule has 0 unspecified atom stereocenters. The second-order valence-electron chi connectivity index (χ2n) is 9.40. The van der Waals surface area contributed by atoms with E-state index in [2.05, 4.69) is 34.8 Å². The number of nitrogens with two attached hydrogens (primary N) is 1. The third kappa shape index (κ3) is 20.0. The molecule has 1 heterocycles. The van der Waals surface area contributed by atoms with Gasteiger partial charge in [0.2, 0.25) is 6.33 Å². The molecule has 1 aromatic rings. The minimum absolute atomic E-state index is 0. The van der Waals surface area contributed by atoms with Crippen LogP contribution in [0.5, 0.6) is 0 Å². The van der Waals surface area contributed by atoms with E-state index in [1.807, 2.05) is 0 Å². The summed E-state index contributed by atoms with van der Waals surface area (Å²) in [6.45, 7) is 5.09. The van der Waals surface area contributed by atoms with Gasteiger partial charge in [-0.2, -0.15) is 0 Å². The summed E-state index contributed by atoms with van der Waals surface area (Å²) in [5, 5.41) is 0. The van der Waals surface area contributed by atoms with Crippen LogP contribution in [0.2, 0.25) is 0 Å². The zero-order valence-electron chi connectivity index (χ0n) is 20.8. The van der Waals surface area contributed by atoms with Crippen LogP contribution in [0.15, 0.2) is 18.7 Å². The molecule has 0 aliphatic carbocycles. The van der Waals surface area contributed by atoms with Gasteiger partial charge in [-0.05, 0) is 12.8 Å². The Morgan fingerprint density at radius 3 is 1.39 bits per heavy atom. The molecule has 0 aliphatic rings. The molecule has 0 radical (unpaired) electrons. The summed E-state index contributed by atoms with van der Waals surface area (Å²) in [5.74, 6) is 0. The summed E-state index contributed by atoms with van der Waals surface area (Å²) < 4.78 is 4.47. The molecule has 0 spiro atoms. The fourth-order valence-electron chi connectivity index (χ4n) is 4.40. The van der Waals surface area contributed by atoms with Gasteiger partial charge in [-0.15, -0.1) is 0 Å². The number of aryl methyl sites for hydroxylation is 1. The van der Waals surface area contributed by atoms with Gasteiger partial charge >= 0.3 is 0 Å². The van der Waals surface area contributed by atoms with E-state index in [0.717, 1.165) is 13.1 Å². The first-order valence-corrected chi connectivity index (χ1v) is 13.6. The van der Waals surface area contributed by atoms with Crippen LogP contribution in [0, 0.1) is 0 Å². The van der Waals surface area contributed by atoms with Crippen LogP contribution in [-0.2, 0) is 13.1 Å². The Labute approximate surface area is 205 Å². The number of hydrogen-bond acceptors (Lipinski definition) is 1. The molecule has 0 aromatic carbocycles. The average Bonchev–Trinajstić information content (AvgIpc) is 3.20. The number of unbranched alkanes of at least 4 members (excludes halogenated alkanes) is 19. The maximum absolute atomic E-state index is 5.59. The number of rotatable bonds is 23. The lowest BCUT2D eigenvalue weighted by Gasteiger charge is -2.04. The molecule has 2 N–H and O–H groups in total. The first-order chi connectivity index (χ1) is 14.9. The lowest BCUT2D eigenvalue weighted by atomic mass is 10.0. The van der Waals surface area contributed by atoms with Gasteiger partial charge in [-0.1, -0.05) is 122 Å². The third-order valence-electron chi connectivity index (χ3n) is 6.40. The number of hydrogen-bond donors (Lipinski definition) is 1. The Balaban J connectivity index is 0.00000900. The van der Waals surface area contributed by atoms with Crippen LogP contribution in [0.25, 0.3) is 0 Å². The second kappa shape index (κ2) is 24.3. The molecule has 0 atom stereocenters. The van der Waals surface area contributed by atoms with Crippen molar-refractivity contribution in [1.82, 2.24) is 4.57 Å². The van der Waals surface area contributed by atoms with Gasteiger partial charge < -0.3 is 22.7 Å². The summed E-state index contributed by atoms with van der Waals surface area (Å²) in [6.07, 6.45) is 35.3. The minimum Gasteiger partial charge on any atom is -1.00 e. The highest BCUT2D eigenvalue weighted by molar-refractivity contribution is 4.66. The second-order valence-corrected chi connectivity index (χ2v) is 9.40. The Morgan fingerprint density at radius 1 is 0.613 bits per heavy atom. The van der Waals surface area contributed by atoms with E-state index in [1.165, 1.54) is 128 Å². The Hall–Kier alpha value is -0.350. The van der Waals surface area contributed by atoms with Crippen LogP contribution < -0.4 is 27.3 Å². The fourth-order valence-corrected chi connectivity index (χ4v) is 4.40. The van der Waals surface area contributed by atoms with Crippen LogP contribution in [0.1, 0.15) is 135 Å². The first kappa shape index (κ1) is 30.6. The van der Waals surface area contributed by atoms with E-state index < -0.39 is 0 Å². The zero-order chi connectivity index (χ0) is 21.5. The van der Waals surface area contributed by atoms with Crippen molar-refractivity contribution in [3.63, 3.8) is 0 Å². The molecule has 31 heavy (non-hydrogen) atoms. The molecular weight excluding hydrogens is 446 g/mol. The van der Waals surface area contributed by atoms with E-state index in [-0.39, 0.29) is 17.0 Å². The summed E-state index contributed by atoms with van der Waals surface area (Å²) in [4.78, 5) is 0. The molecule has 0 fully saturated rings. The number of nitrogens with zero attached hydrogens (tertiary/aromatic N) is 2. The maximum Gasteiger partial charge on any atom is 0.243 e. The molecule has 0 saturated heterocycles. The van der Waals surface area contributed by atoms with E-state index in [9.17, 15) is 0 Å². The third-order valence-corrected chi connectivity index (χ3v) is 6.40. The van der Waals surface area contributed by atoms with E-state index in [4.69, 9.17) is 5.73 Å². The van der Waals surface area contributed by atoms with Gasteiger partial charge in [-0.25, -0.2) is 9.13 Å². The largest absolute Gasteiger partial charge is 1.00 e. The van der Waals surface area contributed by atoms with Gasteiger partial charge in [0.15, 0.2) is 0 Å². The molecule has 184 valence electrons. The molecule has 3 nitrogen and oxygen atoms in total. The van der Waals surface area contributed by atoms with Crippen molar-refractivity contribution >= 4 is 0 Å². The smallest absolute Gasteiger partial charge is 0.243 e.